The largest absolute Gasteiger partial charge is 0.368 e. The molecule has 100 valence electrons. The monoisotopic (exact) mass is 263 g/mol. The van der Waals surface area contributed by atoms with Crippen LogP contribution in [0.2, 0.25) is 0 Å². The highest BCUT2D eigenvalue weighted by Crippen LogP contribution is 2.24. The second-order valence-corrected chi connectivity index (χ2v) is 4.12. The molecule has 2 rings (SSSR count). The lowest BCUT2D eigenvalue weighted by Gasteiger charge is -2.11. The number of halogens is 2. The molecule has 5 heteroatoms. The van der Waals surface area contributed by atoms with Crippen molar-refractivity contribution < 1.29 is 8.78 Å². The first-order valence-electron chi connectivity index (χ1n) is 6.04. The van der Waals surface area contributed by atoms with Crippen molar-refractivity contribution in [1.29, 1.82) is 0 Å². The normalized spacial score (nSPS) is 10.3. The van der Waals surface area contributed by atoms with Gasteiger partial charge in [0.05, 0.1) is 0 Å². The number of hydrogen-bond donors (Lipinski definition) is 2. The van der Waals surface area contributed by atoms with Crippen LogP contribution in [0.4, 0.5) is 26.1 Å². The summed E-state index contributed by atoms with van der Waals surface area (Å²) in [6, 6.07) is 8.26. The van der Waals surface area contributed by atoms with E-state index in [1.54, 1.807) is 0 Å². The maximum absolute atomic E-state index is 13.7. The first-order valence-corrected chi connectivity index (χ1v) is 6.04. The second-order valence-electron chi connectivity index (χ2n) is 4.12. The molecule has 0 bridgehead atoms. The van der Waals surface area contributed by atoms with Crippen LogP contribution in [0.5, 0.6) is 0 Å². The van der Waals surface area contributed by atoms with Crippen molar-refractivity contribution in [3.05, 3.63) is 47.5 Å². The fourth-order valence-electron chi connectivity index (χ4n) is 1.69. The lowest BCUT2D eigenvalue weighted by Crippen LogP contribution is -2.06. The van der Waals surface area contributed by atoms with Gasteiger partial charge in [0.1, 0.15) is 0 Å². The van der Waals surface area contributed by atoms with Crippen LogP contribution in [-0.4, -0.2) is 11.5 Å². The van der Waals surface area contributed by atoms with E-state index in [1.165, 1.54) is 0 Å². The Bertz CT molecular complexity index is 585. The van der Waals surface area contributed by atoms with E-state index >= 15 is 0 Å². The number of aryl methyl sites for hydroxylation is 1. The Kier molecular flexibility index (Phi) is 3.94. The molecular formula is C14H15F2N3. The van der Waals surface area contributed by atoms with Gasteiger partial charge in [0.15, 0.2) is 23.3 Å². The zero-order valence-electron chi connectivity index (χ0n) is 10.8. The molecule has 0 atom stereocenters. The fraction of sp³-hybridized carbons (Fsp3) is 0.214. The Balaban J connectivity index is 2.34. The summed E-state index contributed by atoms with van der Waals surface area (Å²) in [4.78, 5) is 3.93. The number of hydrogen-bond acceptors (Lipinski definition) is 3. The molecule has 0 amide bonds. The molecule has 0 fully saturated rings. The van der Waals surface area contributed by atoms with Gasteiger partial charge in [-0.25, -0.2) is 13.8 Å². The van der Waals surface area contributed by atoms with Crippen LogP contribution in [0.1, 0.15) is 12.5 Å². The van der Waals surface area contributed by atoms with Gasteiger partial charge in [-0.3, -0.25) is 0 Å². The van der Waals surface area contributed by atoms with Crippen molar-refractivity contribution in [3.8, 4) is 0 Å². The Hall–Kier alpha value is -2.17. The lowest BCUT2D eigenvalue weighted by molar-refractivity contribution is 0.579. The topological polar surface area (TPSA) is 37.0 Å². The van der Waals surface area contributed by atoms with E-state index < -0.39 is 11.6 Å². The molecule has 0 spiro atoms. The smallest absolute Gasteiger partial charge is 0.169 e. The predicted octanol–water partition coefficient (Wildman–Crippen LogP) is 3.84. The van der Waals surface area contributed by atoms with Gasteiger partial charge in [-0.2, -0.15) is 0 Å². The van der Waals surface area contributed by atoms with Gasteiger partial charge in [-0.1, -0.05) is 18.2 Å². The molecule has 1 aromatic carbocycles. The van der Waals surface area contributed by atoms with Gasteiger partial charge in [-0.15, -0.1) is 0 Å². The van der Waals surface area contributed by atoms with E-state index in [1.807, 2.05) is 38.1 Å². The first kappa shape index (κ1) is 13.3. The number of anilines is 3. The number of aromatic nitrogens is 1. The highest BCUT2D eigenvalue weighted by atomic mass is 19.1. The van der Waals surface area contributed by atoms with E-state index in [0.29, 0.717) is 6.54 Å². The van der Waals surface area contributed by atoms with Crippen molar-refractivity contribution >= 4 is 17.3 Å². The summed E-state index contributed by atoms with van der Waals surface area (Å²) in [5.74, 6) is -1.37. The zero-order valence-corrected chi connectivity index (χ0v) is 10.8. The summed E-state index contributed by atoms with van der Waals surface area (Å²) in [5.41, 5.74) is 1.70. The Morgan fingerprint density at radius 1 is 1.11 bits per heavy atom. The molecule has 0 saturated carbocycles. The van der Waals surface area contributed by atoms with Gasteiger partial charge < -0.3 is 10.6 Å². The van der Waals surface area contributed by atoms with E-state index in [2.05, 4.69) is 15.6 Å². The van der Waals surface area contributed by atoms with E-state index in [-0.39, 0.29) is 11.6 Å². The Labute approximate surface area is 110 Å². The summed E-state index contributed by atoms with van der Waals surface area (Å²) < 4.78 is 27.1. The summed E-state index contributed by atoms with van der Waals surface area (Å²) in [6.45, 7) is 4.23. The first-order chi connectivity index (χ1) is 9.11. The summed E-state index contributed by atoms with van der Waals surface area (Å²) in [6.07, 6.45) is 0. The van der Waals surface area contributed by atoms with Crippen molar-refractivity contribution in [2.45, 2.75) is 13.8 Å². The van der Waals surface area contributed by atoms with Crippen LogP contribution in [0.15, 0.2) is 30.3 Å². The van der Waals surface area contributed by atoms with Crippen LogP contribution in [-0.2, 0) is 0 Å². The average molecular weight is 263 g/mol. The Morgan fingerprint density at radius 3 is 2.47 bits per heavy atom. The SMILES string of the molecule is CCNc1nc(Nc2ccccc2C)c(F)cc1F. The van der Waals surface area contributed by atoms with Crippen LogP contribution in [0.25, 0.3) is 0 Å². The van der Waals surface area contributed by atoms with E-state index in [4.69, 9.17) is 0 Å². The number of pyridine rings is 1. The summed E-state index contributed by atoms with van der Waals surface area (Å²) >= 11 is 0. The van der Waals surface area contributed by atoms with Crippen molar-refractivity contribution in [3.63, 3.8) is 0 Å². The predicted molar refractivity (Wildman–Crippen MR) is 72.8 cm³/mol. The highest BCUT2D eigenvalue weighted by Gasteiger charge is 2.12. The number of nitrogens with zero attached hydrogens (tertiary/aromatic N) is 1. The number of para-hydroxylation sites is 1. The maximum atomic E-state index is 13.7. The Morgan fingerprint density at radius 2 is 1.79 bits per heavy atom. The number of nitrogens with one attached hydrogen (secondary N) is 2. The van der Waals surface area contributed by atoms with Crippen LogP contribution < -0.4 is 10.6 Å². The van der Waals surface area contributed by atoms with Crippen molar-refractivity contribution in [2.75, 3.05) is 17.2 Å². The van der Waals surface area contributed by atoms with Crippen LogP contribution in [0, 0.1) is 18.6 Å². The summed E-state index contributed by atoms with van der Waals surface area (Å²) in [5, 5.41) is 5.62. The molecule has 0 saturated heterocycles. The van der Waals surface area contributed by atoms with Gasteiger partial charge in [-0.05, 0) is 25.5 Å². The molecule has 1 heterocycles. The van der Waals surface area contributed by atoms with Crippen molar-refractivity contribution in [1.82, 2.24) is 4.98 Å². The summed E-state index contributed by atoms with van der Waals surface area (Å²) in [7, 11) is 0. The van der Waals surface area contributed by atoms with Crippen molar-refractivity contribution in [2.24, 2.45) is 0 Å². The van der Waals surface area contributed by atoms with Gasteiger partial charge in [0.2, 0.25) is 0 Å². The maximum Gasteiger partial charge on any atom is 0.169 e. The third-order valence-corrected chi connectivity index (χ3v) is 2.67. The fourth-order valence-corrected chi connectivity index (χ4v) is 1.69. The van der Waals surface area contributed by atoms with E-state index in [9.17, 15) is 8.78 Å². The third kappa shape index (κ3) is 2.99. The van der Waals surface area contributed by atoms with Gasteiger partial charge in [0, 0.05) is 18.3 Å². The van der Waals surface area contributed by atoms with Crippen LogP contribution >= 0.6 is 0 Å². The van der Waals surface area contributed by atoms with Crippen LogP contribution in [0.3, 0.4) is 0 Å². The highest BCUT2D eigenvalue weighted by molar-refractivity contribution is 5.62. The lowest BCUT2D eigenvalue weighted by atomic mass is 10.2. The zero-order chi connectivity index (χ0) is 13.8. The molecule has 0 aliphatic heterocycles. The number of rotatable bonds is 4. The molecule has 3 nitrogen and oxygen atoms in total. The molecule has 0 aliphatic rings. The molecule has 1 aromatic heterocycles. The molecular weight excluding hydrogens is 248 g/mol. The molecule has 19 heavy (non-hydrogen) atoms. The molecule has 0 unspecified atom stereocenters. The molecule has 0 radical (unpaired) electrons. The molecule has 2 N–H and O–H groups in total. The molecule has 2 aromatic rings. The van der Waals surface area contributed by atoms with Gasteiger partial charge >= 0.3 is 0 Å². The molecule has 0 aliphatic carbocycles. The average Bonchev–Trinajstić information content (AvgIpc) is 2.38. The minimum absolute atomic E-state index is 0.00616. The minimum atomic E-state index is -0.720. The quantitative estimate of drug-likeness (QED) is 0.880. The number of benzene rings is 1. The standard InChI is InChI=1S/C14H15F2N3/c1-3-17-13-10(15)8-11(16)14(19-13)18-12-7-5-4-6-9(12)2/h4-8H,3H2,1-2H3,(H2,17,18,19). The van der Waals surface area contributed by atoms with E-state index in [0.717, 1.165) is 17.3 Å². The van der Waals surface area contributed by atoms with Gasteiger partial charge in [0.25, 0.3) is 0 Å². The second kappa shape index (κ2) is 5.65. The third-order valence-electron chi connectivity index (χ3n) is 2.67. The minimum Gasteiger partial charge on any atom is -0.368 e.